The van der Waals surface area contributed by atoms with E-state index in [9.17, 15) is 4.79 Å². The minimum atomic E-state index is -1.89. The molecule has 0 saturated carbocycles. The maximum absolute atomic E-state index is 11.4. The summed E-state index contributed by atoms with van der Waals surface area (Å²) in [5, 5.41) is -0.980. The largest absolute Gasteiger partial charge is 0.292 e. The molecule has 0 saturated heterocycles. The average Bonchev–Trinajstić information content (AvgIpc) is 1.98. The number of hydrogen-bond acceptors (Lipinski definition) is 1. The van der Waals surface area contributed by atoms with E-state index in [0.717, 1.165) is 6.08 Å². The Hall–Kier alpha value is 1.15. The van der Waals surface area contributed by atoms with Gasteiger partial charge in [0.25, 0.3) is 0 Å². The molecule has 1 nitrogen and oxygen atoms in total. The van der Waals surface area contributed by atoms with Crippen LogP contribution in [-0.4, -0.2) is 19.8 Å². The Morgan fingerprint density at radius 3 is 2.15 bits per heavy atom. The van der Waals surface area contributed by atoms with Crippen molar-refractivity contribution in [3.8, 4) is 0 Å². The lowest BCUT2D eigenvalue weighted by Crippen LogP contribution is -2.48. The van der Waals surface area contributed by atoms with E-state index in [2.05, 4.69) is 0 Å². The fourth-order valence-corrected chi connectivity index (χ4v) is 2.80. The zero-order valence-electron chi connectivity index (χ0n) is 5.83. The molecule has 1 atom stereocenters. The van der Waals surface area contributed by atoms with Crippen LogP contribution in [0.3, 0.4) is 0 Å². The molecule has 1 aliphatic rings. The van der Waals surface area contributed by atoms with Crippen molar-refractivity contribution in [2.45, 2.75) is 14.0 Å². The number of allylic oxidation sites excluding steroid dienone is 2. The van der Waals surface area contributed by atoms with Gasteiger partial charge in [0.2, 0.25) is 5.78 Å². The molecular weight excluding hydrogens is 301 g/mol. The molecule has 0 amide bonds. The minimum Gasteiger partial charge on any atom is -0.292 e. The molecule has 0 aromatic rings. The van der Waals surface area contributed by atoms with E-state index in [-0.39, 0.29) is 5.03 Å². The predicted molar refractivity (Wildman–Crippen MR) is 57.5 cm³/mol. The van der Waals surface area contributed by atoms with E-state index < -0.39 is 19.8 Å². The molecule has 0 N–H and O–H groups in total. The Morgan fingerprint density at radius 1 is 1.23 bits per heavy atom. The molecule has 0 fully saturated rings. The fraction of sp³-hybridized carbons (Fsp3) is 0.500. The van der Waals surface area contributed by atoms with Crippen molar-refractivity contribution < 1.29 is 4.79 Å². The Labute approximate surface area is 105 Å². The molecule has 13 heavy (non-hydrogen) atoms. The lowest BCUT2D eigenvalue weighted by Gasteiger charge is -2.32. The molecule has 1 rings (SSSR count). The SMILES string of the molecule is O=C1C(Cl)(Cl)C=C(Cl)C(Cl)C1(Cl)Cl. The number of alkyl halides is 5. The van der Waals surface area contributed by atoms with E-state index in [1.54, 1.807) is 0 Å². The van der Waals surface area contributed by atoms with Crippen molar-refractivity contribution in [1.29, 1.82) is 0 Å². The Balaban J connectivity index is 3.24. The van der Waals surface area contributed by atoms with E-state index >= 15 is 0 Å². The van der Waals surface area contributed by atoms with Gasteiger partial charge in [-0.2, -0.15) is 0 Å². The van der Waals surface area contributed by atoms with Gasteiger partial charge < -0.3 is 0 Å². The molecule has 0 heterocycles. The van der Waals surface area contributed by atoms with Gasteiger partial charge in [0, 0.05) is 5.03 Å². The highest BCUT2D eigenvalue weighted by atomic mass is 35.5. The summed E-state index contributed by atoms with van der Waals surface area (Å²) < 4.78 is -3.71. The Bertz CT molecular complexity index is 281. The second-order valence-corrected chi connectivity index (χ2v) is 6.11. The first-order valence-corrected chi connectivity index (χ1v) is 5.35. The highest BCUT2D eigenvalue weighted by Gasteiger charge is 2.55. The summed E-state index contributed by atoms with van der Waals surface area (Å²) in [6.07, 6.45) is 1.11. The minimum absolute atomic E-state index is 0.0521. The summed E-state index contributed by atoms with van der Waals surface area (Å²) in [6, 6.07) is 0. The molecule has 7 heteroatoms. The number of Topliss-reactive ketones (excluding diaryl/α,β-unsaturated/α-hetero) is 1. The van der Waals surface area contributed by atoms with Gasteiger partial charge >= 0.3 is 0 Å². The summed E-state index contributed by atoms with van der Waals surface area (Å²) in [7, 11) is 0. The van der Waals surface area contributed by atoms with Crippen molar-refractivity contribution in [3.05, 3.63) is 11.1 Å². The smallest absolute Gasteiger partial charge is 0.210 e. The standard InChI is InChI=1S/C6H2Cl6O/c7-2-1-5(9,10)4(13)6(11,12)3(2)8/h1,3H. The summed E-state index contributed by atoms with van der Waals surface area (Å²) in [6.45, 7) is 0. The van der Waals surface area contributed by atoms with Crippen LogP contribution in [0.4, 0.5) is 0 Å². The van der Waals surface area contributed by atoms with E-state index in [1.165, 1.54) is 0 Å². The van der Waals surface area contributed by atoms with Crippen LogP contribution in [0, 0.1) is 0 Å². The highest BCUT2D eigenvalue weighted by molar-refractivity contribution is 6.72. The summed E-state index contributed by atoms with van der Waals surface area (Å²) in [5.74, 6) is -0.795. The third kappa shape index (κ3) is 2.06. The van der Waals surface area contributed by atoms with E-state index in [1.807, 2.05) is 0 Å². The van der Waals surface area contributed by atoms with Gasteiger partial charge in [0.15, 0.2) is 8.67 Å². The zero-order chi connectivity index (χ0) is 10.4. The maximum Gasteiger partial charge on any atom is 0.210 e. The third-order valence-electron chi connectivity index (χ3n) is 1.49. The van der Waals surface area contributed by atoms with Crippen molar-refractivity contribution in [1.82, 2.24) is 0 Å². The molecule has 0 radical (unpaired) electrons. The van der Waals surface area contributed by atoms with E-state index in [0.29, 0.717) is 0 Å². The lowest BCUT2D eigenvalue weighted by atomic mass is 10.0. The fourth-order valence-electron chi connectivity index (χ4n) is 0.822. The molecule has 0 bridgehead atoms. The predicted octanol–water partition coefficient (Wildman–Crippen LogP) is 3.65. The van der Waals surface area contributed by atoms with Crippen molar-refractivity contribution in [2.75, 3.05) is 0 Å². The normalized spacial score (nSPS) is 31.4. The van der Waals surface area contributed by atoms with E-state index in [4.69, 9.17) is 69.6 Å². The molecule has 0 aromatic carbocycles. The van der Waals surface area contributed by atoms with Crippen molar-refractivity contribution in [3.63, 3.8) is 0 Å². The quantitative estimate of drug-likeness (QED) is 0.624. The van der Waals surface area contributed by atoms with Crippen molar-refractivity contribution >= 4 is 75.4 Å². The third-order valence-corrected chi connectivity index (χ3v) is 4.05. The first kappa shape index (κ1) is 12.2. The summed E-state index contributed by atoms with van der Waals surface area (Å²) in [4.78, 5) is 11.4. The average molecular weight is 303 g/mol. The van der Waals surface area contributed by atoms with Gasteiger partial charge in [-0.25, -0.2) is 0 Å². The topological polar surface area (TPSA) is 17.1 Å². The number of carbonyl (C=O) groups excluding carboxylic acids is 1. The molecule has 1 unspecified atom stereocenters. The lowest BCUT2D eigenvalue weighted by molar-refractivity contribution is -0.119. The molecular formula is C6H2Cl6O. The number of hydrogen-bond donors (Lipinski definition) is 0. The van der Waals surface area contributed by atoms with Gasteiger partial charge in [-0.15, -0.1) is 11.6 Å². The molecule has 0 aliphatic heterocycles. The van der Waals surface area contributed by atoms with Crippen LogP contribution in [0.25, 0.3) is 0 Å². The summed E-state index contributed by atoms with van der Waals surface area (Å²) >= 11 is 33.8. The van der Waals surface area contributed by atoms with Gasteiger partial charge in [-0.3, -0.25) is 4.79 Å². The molecule has 1 aliphatic carbocycles. The van der Waals surface area contributed by atoms with Crippen LogP contribution in [-0.2, 0) is 4.79 Å². The summed E-state index contributed by atoms with van der Waals surface area (Å²) in [5.41, 5.74) is 0. The van der Waals surface area contributed by atoms with Crippen LogP contribution in [0.5, 0.6) is 0 Å². The molecule has 74 valence electrons. The number of rotatable bonds is 0. The van der Waals surface area contributed by atoms with Crippen molar-refractivity contribution in [2.24, 2.45) is 0 Å². The number of carbonyl (C=O) groups is 1. The van der Waals surface area contributed by atoms with Crippen LogP contribution in [0.2, 0.25) is 0 Å². The number of ketones is 1. The zero-order valence-corrected chi connectivity index (χ0v) is 10.4. The molecule has 0 spiro atoms. The van der Waals surface area contributed by atoms with Crippen LogP contribution < -0.4 is 0 Å². The van der Waals surface area contributed by atoms with Crippen LogP contribution >= 0.6 is 69.6 Å². The second kappa shape index (κ2) is 3.62. The Kier molecular flexibility index (Phi) is 3.41. The van der Waals surface area contributed by atoms with Gasteiger partial charge in [0.1, 0.15) is 5.38 Å². The second-order valence-electron chi connectivity index (χ2n) is 2.47. The van der Waals surface area contributed by atoms with Gasteiger partial charge in [-0.1, -0.05) is 58.0 Å². The van der Waals surface area contributed by atoms with Gasteiger partial charge in [-0.05, 0) is 6.08 Å². The monoisotopic (exact) mass is 300 g/mol. The highest BCUT2D eigenvalue weighted by Crippen LogP contribution is 2.47. The van der Waals surface area contributed by atoms with Crippen LogP contribution in [0.15, 0.2) is 11.1 Å². The number of halogens is 6. The maximum atomic E-state index is 11.4. The Morgan fingerprint density at radius 2 is 1.69 bits per heavy atom. The first-order chi connectivity index (χ1) is 5.69. The van der Waals surface area contributed by atoms with Crippen LogP contribution in [0.1, 0.15) is 0 Å². The van der Waals surface area contributed by atoms with Gasteiger partial charge in [0.05, 0.1) is 0 Å². The molecule has 0 aromatic heterocycles. The first-order valence-electron chi connectivity index (χ1n) is 3.02.